The first-order valence-corrected chi connectivity index (χ1v) is 5.40. The molecule has 5 heteroatoms. The van der Waals surface area contributed by atoms with Gasteiger partial charge in [0.15, 0.2) is 0 Å². The van der Waals surface area contributed by atoms with Crippen LogP contribution in [0.3, 0.4) is 0 Å². The second kappa shape index (κ2) is 6.30. The van der Waals surface area contributed by atoms with Crippen LogP contribution >= 0.6 is 0 Å². The van der Waals surface area contributed by atoms with Crippen molar-refractivity contribution in [2.75, 3.05) is 6.54 Å². The van der Waals surface area contributed by atoms with Crippen LogP contribution in [0.15, 0.2) is 24.3 Å². The predicted octanol–water partition coefficient (Wildman–Crippen LogP) is 2.75. The van der Waals surface area contributed by atoms with Crippen LogP contribution in [0.2, 0.25) is 0 Å². The number of aliphatic carboxylic acids is 1. The van der Waals surface area contributed by atoms with Crippen molar-refractivity contribution in [2.45, 2.75) is 25.8 Å². The van der Waals surface area contributed by atoms with Crippen molar-refractivity contribution < 1.29 is 18.7 Å². The van der Waals surface area contributed by atoms with Crippen molar-refractivity contribution in [1.82, 2.24) is 5.32 Å². The van der Waals surface area contributed by atoms with E-state index in [1.54, 1.807) is 0 Å². The smallest absolute Gasteiger partial charge is 0.325 e. The summed E-state index contributed by atoms with van der Waals surface area (Å²) in [5.74, 6) is -1.01. The van der Waals surface area contributed by atoms with Crippen LogP contribution in [-0.2, 0) is 4.79 Å². The number of nitrogens with one attached hydrogen (secondary N) is 1. The summed E-state index contributed by atoms with van der Waals surface area (Å²) in [5, 5.41) is 11.9. The molecule has 1 aromatic rings. The summed E-state index contributed by atoms with van der Waals surface area (Å²) in [6.45, 7) is 2.49. The SMILES string of the molecule is CCCNC(C(=O)O)c1ccc(C(F)F)cc1. The van der Waals surface area contributed by atoms with E-state index in [0.29, 0.717) is 12.1 Å². The standard InChI is InChI=1S/C12H15F2NO2/c1-2-7-15-10(12(16)17)8-3-5-9(6-4-8)11(13)14/h3-6,10-11,15H,2,7H2,1H3,(H,16,17). The fourth-order valence-corrected chi connectivity index (χ4v) is 1.47. The van der Waals surface area contributed by atoms with E-state index in [-0.39, 0.29) is 5.56 Å². The van der Waals surface area contributed by atoms with Crippen LogP contribution in [0.25, 0.3) is 0 Å². The largest absolute Gasteiger partial charge is 0.480 e. The maximum Gasteiger partial charge on any atom is 0.325 e. The molecule has 0 aliphatic carbocycles. The number of halogens is 2. The molecule has 3 nitrogen and oxygen atoms in total. The Morgan fingerprint density at radius 2 is 1.82 bits per heavy atom. The van der Waals surface area contributed by atoms with Crippen LogP contribution in [0.1, 0.15) is 36.9 Å². The van der Waals surface area contributed by atoms with Crippen LogP contribution in [0.5, 0.6) is 0 Å². The number of carboxylic acid groups (broad SMARTS) is 1. The number of alkyl halides is 2. The zero-order chi connectivity index (χ0) is 12.8. The minimum absolute atomic E-state index is 0.103. The van der Waals surface area contributed by atoms with Crippen molar-refractivity contribution in [1.29, 1.82) is 0 Å². The second-order valence-electron chi connectivity index (χ2n) is 3.69. The molecule has 0 aliphatic rings. The highest BCUT2D eigenvalue weighted by Gasteiger charge is 2.19. The summed E-state index contributed by atoms with van der Waals surface area (Å²) >= 11 is 0. The number of benzene rings is 1. The number of carbonyl (C=O) groups is 1. The molecule has 0 fully saturated rings. The van der Waals surface area contributed by atoms with Crippen molar-refractivity contribution in [2.24, 2.45) is 0 Å². The molecule has 2 N–H and O–H groups in total. The van der Waals surface area contributed by atoms with Gasteiger partial charge in [0.05, 0.1) is 0 Å². The predicted molar refractivity (Wildman–Crippen MR) is 60.1 cm³/mol. The van der Waals surface area contributed by atoms with Gasteiger partial charge < -0.3 is 10.4 Å². The van der Waals surface area contributed by atoms with Gasteiger partial charge in [-0.05, 0) is 18.5 Å². The highest BCUT2D eigenvalue weighted by molar-refractivity contribution is 5.75. The Bertz CT molecular complexity index is 365. The van der Waals surface area contributed by atoms with Gasteiger partial charge >= 0.3 is 5.97 Å². The average Bonchev–Trinajstić information content (AvgIpc) is 2.29. The zero-order valence-electron chi connectivity index (χ0n) is 9.49. The second-order valence-corrected chi connectivity index (χ2v) is 3.69. The van der Waals surface area contributed by atoms with Crippen molar-refractivity contribution in [3.8, 4) is 0 Å². The lowest BCUT2D eigenvalue weighted by molar-refractivity contribution is -0.139. The average molecular weight is 243 g/mol. The van der Waals surface area contributed by atoms with Gasteiger partial charge in [0.25, 0.3) is 6.43 Å². The lowest BCUT2D eigenvalue weighted by atomic mass is 10.0. The molecule has 0 bridgehead atoms. The maximum atomic E-state index is 12.3. The van der Waals surface area contributed by atoms with E-state index < -0.39 is 18.4 Å². The summed E-state index contributed by atoms with van der Waals surface area (Å²) in [7, 11) is 0. The summed E-state index contributed by atoms with van der Waals surface area (Å²) < 4.78 is 24.7. The van der Waals surface area contributed by atoms with E-state index in [0.717, 1.165) is 6.42 Å². The highest BCUT2D eigenvalue weighted by Crippen LogP contribution is 2.21. The first-order valence-electron chi connectivity index (χ1n) is 5.40. The summed E-state index contributed by atoms with van der Waals surface area (Å²) in [6, 6.07) is 4.50. The monoisotopic (exact) mass is 243 g/mol. The minimum atomic E-state index is -2.53. The van der Waals surface area contributed by atoms with E-state index in [9.17, 15) is 13.6 Å². The molecule has 0 amide bonds. The topological polar surface area (TPSA) is 49.3 Å². The van der Waals surface area contributed by atoms with E-state index in [1.165, 1.54) is 24.3 Å². The first kappa shape index (κ1) is 13.6. The van der Waals surface area contributed by atoms with Crippen LogP contribution < -0.4 is 5.32 Å². The third-order valence-electron chi connectivity index (χ3n) is 2.37. The van der Waals surface area contributed by atoms with Gasteiger partial charge in [0.1, 0.15) is 6.04 Å². The summed E-state index contributed by atoms with van der Waals surface area (Å²) in [4.78, 5) is 11.0. The molecular weight excluding hydrogens is 228 g/mol. The number of hydrogen-bond acceptors (Lipinski definition) is 2. The molecule has 0 saturated heterocycles. The summed E-state index contributed by atoms with van der Waals surface area (Å²) in [5.41, 5.74) is 0.378. The fraction of sp³-hybridized carbons (Fsp3) is 0.417. The Labute approximate surface area is 98.5 Å². The van der Waals surface area contributed by atoms with E-state index in [4.69, 9.17) is 5.11 Å². The van der Waals surface area contributed by atoms with Gasteiger partial charge in [0.2, 0.25) is 0 Å². The highest BCUT2D eigenvalue weighted by atomic mass is 19.3. The Kier molecular flexibility index (Phi) is 5.03. The normalized spacial score (nSPS) is 12.7. The van der Waals surface area contributed by atoms with Gasteiger partial charge in [-0.2, -0.15) is 0 Å². The molecule has 1 atom stereocenters. The summed E-state index contributed by atoms with van der Waals surface area (Å²) in [6.07, 6.45) is -1.73. The Balaban J connectivity index is 2.83. The molecule has 1 aromatic carbocycles. The zero-order valence-corrected chi connectivity index (χ0v) is 9.49. The number of carboxylic acids is 1. The first-order chi connectivity index (χ1) is 8.06. The van der Waals surface area contributed by atoms with Gasteiger partial charge in [-0.25, -0.2) is 8.78 Å². The van der Waals surface area contributed by atoms with E-state index in [2.05, 4.69) is 5.32 Å². The Morgan fingerprint density at radius 3 is 2.24 bits per heavy atom. The lowest BCUT2D eigenvalue weighted by Crippen LogP contribution is -2.29. The Hall–Kier alpha value is -1.49. The molecule has 0 aromatic heterocycles. The van der Waals surface area contributed by atoms with Gasteiger partial charge in [-0.3, -0.25) is 4.79 Å². The molecule has 1 rings (SSSR count). The van der Waals surface area contributed by atoms with Crippen LogP contribution in [0, 0.1) is 0 Å². The molecule has 1 unspecified atom stereocenters. The number of hydrogen-bond donors (Lipinski definition) is 2. The van der Waals surface area contributed by atoms with E-state index in [1.807, 2.05) is 6.92 Å². The molecule has 17 heavy (non-hydrogen) atoms. The van der Waals surface area contributed by atoms with E-state index >= 15 is 0 Å². The number of rotatable bonds is 6. The van der Waals surface area contributed by atoms with Gasteiger partial charge in [-0.1, -0.05) is 31.2 Å². The van der Waals surface area contributed by atoms with Crippen LogP contribution in [-0.4, -0.2) is 17.6 Å². The maximum absolute atomic E-state index is 12.3. The quantitative estimate of drug-likeness (QED) is 0.807. The third kappa shape index (κ3) is 3.78. The minimum Gasteiger partial charge on any atom is -0.480 e. The van der Waals surface area contributed by atoms with Crippen molar-refractivity contribution in [3.05, 3.63) is 35.4 Å². The van der Waals surface area contributed by atoms with Gasteiger partial charge in [0, 0.05) is 5.56 Å². The molecule has 0 saturated carbocycles. The van der Waals surface area contributed by atoms with Crippen molar-refractivity contribution in [3.63, 3.8) is 0 Å². The molecule has 94 valence electrons. The van der Waals surface area contributed by atoms with Gasteiger partial charge in [-0.15, -0.1) is 0 Å². The molecule has 0 radical (unpaired) electrons. The molecule has 0 spiro atoms. The molecule has 0 aliphatic heterocycles. The van der Waals surface area contributed by atoms with Crippen molar-refractivity contribution >= 4 is 5.97 Å². The molecule has 0 heterocycles. The fourth-order valence-electron chi connectivity index (χ4n) is 1.47. The lowest BCUT2D eigenvalue weighted by Gasteiger charge is -2.14. The van der Waals surface area contributed by atoms with Crippen LogP contribution in [0.4, 0.5) is 8.78 Å². The Morgan fingerprint density at radius 1 is 1.29 bits per heavy atom. The third-order valence-corrected chi connectivity index (χ3v) is 2.37. The molecular formula is C12H15F2NO2.